The van der Waals surface area contributed by atoms with Gasteiger partial charge in [0.25, 0.3) is 0 Å². The van der Waals surface area contributed by atoms with Crippen molar-refractivity contribution < 1.29 is 22.7 Å². The quantitative estimate of drug-likeness (QED) is 0.716. The normalized spacial score (nSPS) is 18.0. The van der Waals surface area contributed by atoms with Crippen molar-refractivity contribution in [3.63, 3.8) is 0 Å². The predicted octanol–water partition coefficient (Wildman–Crippen LogP) is 2.22. The Balaban J connectivity index is 1.51. The third-order valence-corrected chi connectivity index (χ3v) is 6.29. The molecule has 9 heteroatoms. The van der Waals surface area contributed by atoms with Crippen LogP contribution in [0.2, 0.25) is 0 Å². The summed E-state index contributed by atoms with van der Waals surface area (Å²) in [7, 11) is -3.48. The third kappa shape index (κ3) is 6.30. The van der Waals surface area contributed by atoms with Crippen molar-refractivity contribution in [2.24, 2.45) is 0 Å². The highest BCUT2D eigenvalue weighted by molar-refractivity contribution is 7.89. The van der Waals surface area contributed by atoms with E-state index >= 15 is 0 Å². The average Bonchev–Trinajstić information content (AvgIpc) is 3.48. The van der Waals surface area contributed by atoms with E-state index in [0.717, 1.165) is 18.4 Å². The van der Waals surface area contributed by atoms with Crippen LogP contribution >= 0.6 is 0 Å². The van der Waals surface area contributed by atoms with Gasteiger partial charge in [0, 0.05) is 38.3 Å². The molecule has 1 saturated carbocycles. The highest BCUT2D eigenvalue weighted by atomic mass is 32.2. The number of amides is 2. The third-order valence-electron chi connectivity index (χ3n) is 4.75. The Morgan fingerprint density at radius 3 is 2.13 bits per heavy atom. The molecular formula is C21H29N3O5S. The molecule has 1 saturated heterocycles. The van der Waals surface area contributed by atoms with Crippen LogP contribution in [0.15, 0.2) is 35.2 Å². The van der Waals surface area contributed by atoms with Crippen molar-refractivity contribution in [1.82, 2.24) is 14.5 Å². The van der Waals surface area contributed by atoms with Gasteiger partial charge in [0.1, 0.15) is 5.60 Å². The van der Waals surface area contributed by atoms with Gasteiger partial charge in [-0.3, -0.25) is 4.79 Å². The summed E-state index contributed by atoms with van der Waals surface area (Å²) in [5.41, 5.74) is 0.191. The van der Waals surface area contributed by atoms with Crippen LogP contribution in [-0.4, -0.2) is 68.0 Å². The Bertz CT molecular complexity index is 907. The van der Waals surface area contributed by atoms with Gasteiger partial charge in [-0.2, -0.15) is 0 Å². The fraction of sp³-hybridized carbons (Fsp3) is 0.524. The second kappa shape index (κ2) is 8.77. The number of hydrogen-bond donors (Lipinski definition) is 1. The Labute approximate surface area is 177 Å². The molecule has 1 aromatic rings. The van der Waals surface area contributed by atoms with E-state index in [1.54, 1.807) is 28.0 Å². The topological polar surface area (TPSA) is 96.0 Å². The monoisotopic (exact) mass is 435 g/mol. The highest BCUT2D eigenvalue weighted by Gasteiger charge is 2.28. The summed E-state index contributed by atoms with van der Waals surface area (Å²) in [4.78, 5) is 28.0. The van der Waals surface area contributed by atoms with Gasteiger partial charge in [-0.25, -0.2) is 17.9 Å². The number of sulfonamides is 1. The van der Waals surface area contributed by atoms with Crippen LogP contribution in [0.1, 0.15) is 39.2 Å². The first-order chi connectivity index (χ1) is 14.0. The van der Waals surface area contributed by atoms with E-state index < -0.39 is 15.6 Å². The first kappa shape index (κ1) is 22.3. The zero-order valence-corrected chi connectivity index (χ0v) is 18.4. The lowest BCUT2D eigenvalue weighted by Gasteiger charge is -2.35. The molecule has 0 unspecified atom stereocenters. The lowest BCUT2D eigenvalue weighted by atomic mass is 10.2. The molecule has 1 aliphatic carbocycles. The minimum atomic E-state index is -3.48. The number of rotatable bonds is 5. The van der Waals surface area contributed by atoms with Gasteiger partial charge in [-0.1, -0.05) is 12.1 Å². The van der Waals surface area contributed by atoms with Crippen LogP contribution in [0, 0.1) is 0 Å². The van der Waals surface area contributed by atoms with Crippen LogP contribution in [0.5, 0.6) is 0 Å². The summed E-state index contributed by atoms with van der Waals surface area (Å²) in [5.74, 6) is -0.147. The second-order valence-electron chi connectivity index (χ2n) is 8.59. The molecule has 2 fully saturated rings. The number of nitrogens with one attached hydrogen (secondary N) is 1. The molecule has 2 amide bonds. The fourth-order valence-electron chi connectivity index (χ4n) is 2.96. The summed E-state index contributed by atoms with van der Waals surface area (Å²) in [6.45, 7) is 7.19. The van der Waals surface area contributed by atoms with Crippen LogP contribution in [-0.2, 0) is 19.6 Å². The van der Waals surface area contributed by atoms with E-state index in [1.807, 2.05) is 20.8 Å². The SMILES string of the molecule is CC(C)(C)OC(=O)N1CCN(C(=O)/C=C/c2ccc(S(=O)(=O)NC3CC3)cc2)CC1. The van der Waals surface area contributed by atoms with Crippen LogP contribution in [0.25, 0.3) is 6.08 Å². The van der Waals surface area contributed by atoms with Gasteiger partial charge in [-0.05, 0) is 57.4 Å². The maximum atomic E-state index is 12.4. The molecule has 0 bridgehead atoms. The summed E-state index contributed by atoms with van der Waals surface area (Å²) >= 11 is 0. The van der Waals surface area contributed by atoms with E-state index in [4.69, 9.17) is 4.74 Å². The number of ether oxygens (including phenoxy) is 1. The number of carbonyl (C=O) groups is 2. The Hall–Kier alpha value is -2.39. The number of benzene rings is 1. The molecular weight excluding hydrogens is 406 g/mol. The standard InChI is InChI=1S/C21H29N3O5S/c1-21(2,3)29-20(26)24-14-12-23(13-15-24)19(25)11-6-16-4-9-18(10-5-16)30(27,28)22-17-7-8-17/h4-6,9-11,17,22H,7-8,12-15H2,1-3H3/b11-6+. The minimum Gasteiger partial charge on any atom is -0.444 e. The summed E-state index contributed by atoms with van der Waals surface area (Å²) in [6.07, 6.45) is 4.53. The molecule has 1 heterocycles. The Morgan fingerprint density at radius 2 is 1.60 bits per heavy atom. The first-order valence-corrected chi connectivity index (χ1v) is 11.6. The molecule has 8 nitrogen and oxygen atoms in total. The van der Waals surface area contributed by atoms with Crippen molar-refractivity contribution in [1.29, 1.82) is 0 Å². The number of nitrogens with zero attached hydrogens (tertiary/aromatic N) is 2. The molecule has 0 aromatic heterocycles. The fourth-order valence-corrected chi connectivity index (χ4v) is 4.26. The molecule has 0 radical (unpaired) electrons. The predicted molar refractivity (Wildman–Crippen MR) is 113 cm³/mol. The van der Waals surface area contributed by atoms with E-state index in [-0.39, 0.29) is 22.9 Å². The maximum Gasteiger partial charge on any atom is 0.410 e. The highest BCUT2D eigenvalue weighted by Crippen LogP contribution is 2.22. The molecule has 30 heavy (non-hydrogen) atoms. The van der Waals surface area contributed by atoms with Crippen LogP contribution in [0.4, 0.5) is 4.79 Å². The van der Waals surface area contributed by atoms with Gasteiger partial charge in [0.05, 0.1) is 4.90 Å². The van der Waals surface area contributed by atoms with Gasteiger partial charge >= 0.3 is 6.09 Å². The maximum absolute atomic E-state index is 12.4. The Morgan fingerprint density at radius 1 is 1.03 bits per heavy atom. The molecule has 0 atom stereocenters. The zero-order chi connectivity index (χ0) is 21.9. The van der Waals surface area contributed by atoms with Crippen LogP contribution < -0.4 is 4.72 Å². The minimum absolute atomic E-state index is 0.0583. The van der Waals surface area contributed by atoms with E-state index in [9.17, 15) is 18.0 Å². The molecule has 1 aliphatic heterocycles. The molecule has 1 aromatic carbocycles. The van der Waals surface area contributed by atoms with Crippen molar-refractivity contribution in [3.05, 3.63) is 35.9 Å². The molecule has 1 N–H and O–H groups in total. The number of carbonyl (C=O) groups excluding carboxylic acids is 2. The molecule has 164 valence electrons. The Kier molecular flexibility index (Phi) is 6.52. The number of piperazine rings is 1. The van der Waals surface area contributed by atoms with Crippen molar-refractivity contribution in [2.75, 3.05) is 26.2 Å². The van der Waals surface area contributed by atoms with E-state index in [0.29, 0.717) is 26.2 Å². The molecule has 0 spiro atoms. The largest absolute Gasteiger partial charge is 0.444 e. The lowest BCUT2D eigenvalue weighted by molar-refractivity contribution is -0.127. The first-order valence-electron chi connectivity index (χ1n) is 10.1. The summed E-state index contributed by atoms with van der Waals surface area (Å²) in [6, 6.07) is 6.48. The zero-order valence-electron chi connectivity index (χ0n) is 17.6. The van der Waals surface area contributed by atoms with E-state index in [2.05, 4.69) is 4.72 Å². The van der Waals surface area contributed by atoms with Gasteiger partial charge in [-0.15, -0.1) is 0 Å². The van der Waals surface area contributed by atoms with Crippen molar-refractivity contribution >= 4 is 28.1 Å². The van der Waals surface area contributed by atoms with Crippen molar-refractivity contribution in [3.8, 4) is 0 Å². The smallest absolute Gasteiger partial charge is 0.410 e. The average molecular weight is 436 g/mol. The summed E-state index contributed by atoms with van der Waals surface area (Å²) < 4.78 is 32.4. The molecule has 2 aliphatic rings. The van der Waals surface area contributed by atoms with Gasteiger partial charge in [0.2, 0.25) is 15.9 Å². The summed E-state index contributed by atoms with van der Waals surface area (Å²) in [5, 5.41) is 0. The van der Waals surface area contributed by atoms with Gasteiger partial charge in [0.15, 0.2) is 0 Å². The van der Waals surface area contributed by atoms with Crippen molar-refractivity contribution in [2.45, 2.75) is 50.2 Å². The van der Waals surface area contributed by atoms with Crippen LogP contribution in [0.3, 0.4) is 0 Å². The van der Waals surface area contributed by atoms with E-state index in [1.165, 1.54) is 18.2 Å². The molecule has 3 rings (SSSR count). The van der Waals surface area contributed by atoms with Gasteiger partial charge < -0.3 is 14.5 Å². The number of hydrogen-bond acceptors (Lipinski definition) is 5. The lowest BCUT2D eigenvalue weighted by Crippen LogP contribution is -2.51. The second-order valence-corrected chi connectivity index (χ2v) is 10.3.